The fourth-order valence-corrected chi connectivity index (χ4v) is 1.68. The van der Waals surface area contributed by atoms with E-state index >= 15 is 0 Å². The van der Waals surface area contributed by atoms with E-state index in [1.165, 1.54) is 6.33 Å². The molecule has 0 amide bonds. The van der Waals surface area contributed by atoms with Crippen LogP contribution in [0.25, 0.3) is 0 Å². The number of nitrogens with one attached hydrogen (secondary N) is 1. The number of nitrogens with zero attached hydrogens (tertiary/aromatic N) is 4. The van der Waals surface area contributed by atoms with E-state index < -0.39 is 6.10 Å². The van der Waals surface area contributed by atoms with Crippen molar-refractivity contribution in [2.24, 2.45) is 0 Å². The Kier molecular flexibility index (Phi) is 3.38. The summed E-state index contributed by atoms with van der Waals surface area (Å²) in [5, 5.41) is 20.7. The molecule has 0 aliphatic rings. The number of rotatable bonds is 5. The van der Waals surface area contributed by atoms with Gasteiger partial charge in [0.25, 0.3) is 0 Å². The number of hydrogen-bond donors (Lipinski definition) is 2. The normalized spacial score (nSPS) is 12.6. The Balaban J connectivity index is 2.38. The summed E-state index contributed by atoms with van der Waals surface area (Å²) < 4.78 is 6.90. The molecular weight excluding hydrogens is 222 g/mol. The van der Waals surface area contributed by atoms with Crippen molar-refractivity contribution >= 4 is 0 Å². The maximum atomic E-state index is 10.2. The highest BCUT2D eigenvalue weighted by molar-refractivity contribution is 5.30. The minimum absolute atomic E-state index is 0.376. The number of aliphatic hydroxyl groups excluding tert-OH is 1. The fourth-order valence-electron chi connectivity index (χ4n) is 1.68. The van der Waals surface area contributed by atoms with Gasteiger partial charge in [-0.05, 0) is 6.42 Å². The van der Waals surface area contributed by atoms with E-state index in [0.29, 0.717) is 23.8 Å². The second kappa shape index (κ2) is 4.96. The number of methoxy groups -OCH3 is 1. The number of aromatic nitrogens is 5. The molecule has 0 bridgehead atoms. The molecule has 1 unspecified atom stereocenters. The van der Waals surface area contributed by atoms with Crippen LogP contribution in [-0.2, 0) is 6.54 Å². The van der Waals surface area contributed by atoms with Crippen LogP contribution in [0.2, 0.25) is 0 Å². The lowest BCUT2D eigenvalue weighted by Crippen LogP contribution is -2.12. The van der Waals surface area contributed by atoms with Crippen molar-refractivity contribution in [2.75, 3.05) is 7.11 Å². The number of aromatic amines is 1. The van der Waals surface area contributed by atoms with Crippen LogP contribution < -0.4 is 4.74 Å². The quantitative estimate of drug-likeness (QED) is 0.790. The molecule has 7 nitrogen and oxygen atoms in total. The van der Waals surface area contributed by atoms with Crippen molar-refractivity contribution < 1.29 is 9.84 Å². The number of H-pyrrole nitrogens is 1. The maximum absolute atomic E-state index is 10.2. The molecule has 0 radical (unpaired) electrons. The second-order valence-electron chi connectivity index (χ2n) is 3.59. The van der Waals surface area contributed by atoms with Crippen LogP contribution in [0.4, 0.5) is 0 Å². The summed E-state index contributed by atoms with van der Waals surface area (Å²) in [5.41, 5.74) is 0.589. The van der Waals surface area contributed by atoms with Crippen molar-refractivity contribution in [3.63, 3.8) is 0 Å². The minimum atomic E-state index is -0.915. The number of hydrogen-bond acceptors (Lipinski definition) is 5. The average Bonchev–Trinajstić information content (AvgIpc) is 2.97. The molecule has 0 fully saturated rings. The van der Waals surface area contributed by atoms with Gasteiger partial charge in [0.15, 0.2) is 17.7 Å². The van der Waals surface area contributed by atoms with Crippen molar-refractivity contribution in [3.8, 4) is 5.75 Å². The molecular formula is C10H15N5O2. The van der Waals surface area contributed by atoms with Gasteiger partial charge in [0.05, 0.1) is 13.3 Å². The van der Waals surface area contributed by atoms with Gasteiger partial charge in [-0.2, -0.15) is 10.2 Å². The zero-order valence-electron chi connectivity index (χ0n) is 9.79. The van der Waals surface area contributed by atoms with E-state index in [1.54, 1.807) is 18.0 Å². The number of ether oxygens (including phenoxy) is 1. The highest BCUT2D eigenvalue weighted by Gasteiger charge is 2.23. The Morgan fingerprint density at radius 1 is 1.59 bits per heavy atom. The first-order valence-corrected chi connectivity index (χ1v) is 5.41. The standard InChI is InChI=1S/C10H15N5O2/c1-3-4-15-8(7(17-2)5-13-15)9(16)10-11-6-12-14-10/h5-6,9,16H,3-4H2,1-2H3,(H,11,12,14). The zero-order chi connectivity index (χ0) is 12.3. The zero-order valence-corrected chi connectivity index (χ0v) is 9.79. The molecule has 0 saturated carbocycles. The molecule has 0 saturated heterocycles. The predicted molar refractivity (Wildman–Crippen MR) is 59.5 cm³/mol. The molecule has 2 aromatic heterocycles. The van der Waals surface area contributed by atoms with Gasteiger partial charge in [-0.3, -0.25) is 9.78 Å². The molecule has 2 N–H and O–H groups in total. The van der Waals surface area contributed by atoms with Gasteiger partial charge in [0, 0.05) is 6.54 Å². The van der Waals surface area contributed by atoms with Gasteiger partial charge in [0.2, 0.25) is 0 Å². The fraction of sp³-hybridized carbons (Fsp3) is 0.500. The average molecular weight is 237 g/mol. The lowest BCUT2D eigenvalue weighted by atomic mass is 10.2. The van der Waals surface area contributed by atoms with E-state index in [-0.39, 0.29) is 0 Å². The Morgan fingerprint density at radius 2 is 2.41 bits per heavy atom. The first-order chi connectivity index (χ1) is 8.27. The van der Waals surface area contributed by atoms with Gasteiger partial charge in [-0.15, -0.1) is 0 Å². The van der Waals surface area contributed by atoms with E-state index in [0.717, 1.165) is 6.42 Å². The Bertz CT molecular complexity index is 465. The van der Waals surface area contributed by atoms with Gasteiger partial charge in [-0.25, -0.2) is 4.98 Å². The van der Waals surface area contributed by atoms with Crippen molar-refractivity contribution in [1.29, 1.82) is 0 Å². The Hall–Kier alpha value is -1.89. The summed E-state index contributed by atoms with van der Waals surface area (Å²) in [5.74, 6) is 0.920. The minimum Gasteiger partial charge on any atom is -0.493 e. The van der Waals surface area contributed by atoms with Gasteiger partial charge in [0.1, 0.15) is 12.0 Å². The summed E-state index contributed by atoms with van der Waals surface area (Å²) in [6.45, 7) is 2.75. The number of aryl methyl sites for hydroxylation is 1. The van der Waals surface area contributed by atoms with Crippen LogP contribution in [0.3, 0.4) is 0 Å². The summed E-state index contributed by atoms with van der Waals surface area (Å²) in [6, 6.07) is 0. The monoisotopic (exact) mass is 237 g/mol. The molecule has 7 heteroatoms. The lowest BCUT2D eigenvalue weighted by molar-refractivity contribution is 0.192. The highest BCUT2D eigenvalue weighted by Crippen LogP contribution is 2.27. The third-order valence-corrected chi connectivity index (χ3v) is 2.45. The Labute approximate surface area is 98.4 Å². The predicted octanol–water partition coefficient (Wildman–Crippen LogP) is 0.501. The van der Waals surface area contributed by atoms with Gasteiger partial charge in [-0.1, -0.05) is 6.92 Å². The largest absolute Gasteiger partial charge is 0.493 e. The second-order valence-corrected chi connectivity index (χ2v) is 3.59. The molecule has 0 spiro atoms. The molecule has 92 valence electrons. The molecule has 2 rings (SSSR count). The maximum Gasteiger partial charge on any atom is 0.163 e. The summed E-state index contributed by atoms with van der Waals surface area (Å²) >= 11 is 0. The third-order valence-electron chi connectivity index (χ3n) is 2.45. The molecule has 0 aliphatic carbocycles. The van der Waals surface area contributed by atoms with Crippen LogP contribution in [0.5, 0.6) is 5.75 Å². The first kappa shape index (κ1) is 11.6. The highest BCUT2D eigenvalue weighted by atomic mass is 16.5. The third kappa shape index (κ3) is 2.14. The van der Waals surface area contributed by atoms with Crippen LogP contribution >= 0.6 is 0 Å². The van der Waals surface area contributed by atoms with E-state index in [1.807, 2.05) is 6.92 Å². The SMILES string of the molecule is CCCn1ncc(OC)c1C(O)c1ncn[nH]1. The van der Waals surface area contributed by atoms with Crippen molar-refractivity contribution in [3.05, 3.63) is 24.0 Å². The van der Waals surface area contributed by atoms with Crippen LogP contribution in [0, 0.1) is 0 Å². The van der Waals surface area contributed by atoms with Gasteiger partial charge < -0.3 is 9.84 Å². The van der Waals surface area contributed by atoms with Crippen molar-refractivity contribution in [2.45, 2.75) is 26.0 Å². The molecule has 2 aromatic rings. The van der Waals surface area contributed by atoms with E-state index in [4.69, 9.17) is 4.74 Å². The van der Waals surface area contributed by atoms with Crippen LogP contribution in [-0.4, -0.2) is 37.2 Å². The smallest absolute Gasteiger partial charge is 0.163 e. The lowest BCUT2D eigenvalue weighted by Gasteiger charge is -2.12. The molecule has 0 aliphatic heterocycles. The summed E-state index contributed by atoms with van der Waals surface area (Å²) in [6.07, 6.45) is 2.94. The van der Waals surface area contributed by atoms with Crippen molar-refractivity contribution in [1.82, 2.24) is 25.0 Å². The van der Waals surface area contributed by atoms with Gasteiger partial charge >= 0.3 is 0 Å². The van der Waals surface area contributed by atoms with E-state index in [2.05, 4.69) is 20.3 Å². The topological polar surface area (TPSA) is 88.8 Å². The molecule has 0 aromatic carbocycles. The van der Waals surface area contributed by atoms with Crippen LogP contribution in [0.15, 0.2) is 12.5 Å². The Morgan fingerprint density at radius 3 is 3.00 bits per heavy atom. The molecule has 1 atom stereocenters. The van der Waals surface area contributed by atoms with Crippen LogP contribution in [0.1, 0.15) is 31.0 Å². The number of aliphatic hydroxyl groups is 1. The van der Waals surface area contributed by atoms with E-state index in [9.17, 15) is 5.11 Å². The molecule has 17 heavy (non-hydrogen) atoms. The first-order valence-electron chi connectivity index (χ1n) is 5.41. The summed E-state index contributed by atoms with van der Waals surface area (Å²) in [4.78, 5) is 3.94. The summed E-state index contributed by atoms with van der Waals surface area (Å²) in [7, 11) is 1.55. The molecule has 2 heterocycles.